The van der Waals surface area contributed by atoms with Crippen molar-refractivity contribution in [2.24, 2.45) is 0 Å². The molecule has 0 heterocycles. The fourth-order valence-corrected chi connectivity index (χ4v) is 8.45. The molecule has 0 rings (SSSR count). The Morgan fingerprint density at radius 3 is 0.656 bits per heavy atom. The number of ether oxygens (including phenoxy) is 3. The third-order valence-electron chi connectivity index (χ3n) is 12.6. The predicted molar refractivity (Wildman–Crippen MR) is 261 cm³/mol. The minimum atomic E-state index is -0.759. The Labute approximate surface area is 380 Å². The quantitative estimate of drug-likeness (QED) is 0.0344. The van der Waals surface area contributed by atoms with E-state index in [1.54, 1.807) is 0 Å². The van der Waals surface area contributed by atoms with Crippen LogP contribution in [0.2, 0.25) is 0 Å². The maximum atomic E-state index is 12.8. The summed E-state index contributed by atoms with van der Waals surface area (Å²) in [5, 5.41) is 0. The average molecular weight is 863 g/mol. The van der Waals surface area contributed by atoms with Crippen LogP contribution >= 0.6 is 0 Å². The van der Waals surface area contributed by atoms with Crippen LogP contribution in [0.5, 0.6) is 0 Å². The minimum Gasteiger partial charge on any atom is -0.462 e. The molecule has 61 heavy (non-hydrogen) atoms. The first-order chi connectivity index (χ1) is 30.0. The van der Waals surface area contributed by atoms with E-state index in [0.717, 1.165) is 57.8 Å². The van der Waals surface area contributed by atoms with Gasteiger partial charge >= 0.3 is 17.9 Å². The molecule has 0 aliphatic rings. The van der Waals surface area contributed by atoms with Crippen LogP contribution in [0.3, 0.4) is 0 Å². The van der Waals surface area contributed by atoms with Crippen LogP contribution in [0.4, 0.5) is 0 Å². The molecule has 0 bridgehead atoms. The molecule has 0 saturated carbocycles. The van der Waals surface area contributed by atoms with Crippen LogP contribution in [-0.2, 0) is 28.6 Å². The first kappa shape index (κ1) is 59.4. The normalized spacial score (nSPS) is 11.9. The van der Waals surface area contributed by atoms with Gasteiger partial charge in [-0.2, -0.15) is 0 Å². The molecule has 0 saturated heterocycles. The van der Waals surface area contributed by atoms with Crippen molar-refractivity contribution in [3.8, 4) is 0 Å². The van der Waals surface area contributed by atoms with Crippen molar-refractivity contribution >= 4 is 17.9 Å². The van der Waals surface area contributed by atoms with Crippen molar-refractivity contribution in [1.82, 2.24) is 0 Å². The van der Waals surface area contributed by atoms with Crippen LogP contribution in [0.25, 0.3) is 0 Å². The molecule has 0 aromatic carbocycles. The van der Waals surface area contributed by atoms with Gasteiger partial charge in [0.15, 0.2) is 6.10 Å². The van der Waals surface area contributed by atoms with Gasteiger partial charge in [-0.1, -0.05) is 278 Å². The van der Waals surface area contributed by atoms with Crippen LogP contribution in [0.15, 0.2) is 0 Å². The highest BCUT2D eigenvalue weighted by molar-refractivity contribution is 5.71. The lowest BCUT2D eigenvalue weighted by Crippen LogP contribution is -2.30. The summed E-state index contributed by atoms with van der Waals surface area (Å²) < 4.78 is 16.8. The van der Waals surface area contributed by atoms with Crippen LogP contribution in [0, 0.1) is 0 Å². The highest BCUT2D eigenvalue weighted by Gasteiger charge is 2.19. The molecule has 6 nitrogen and oxygen atoms in total. The van der Waals surface area contributed by atoms with Crippen molar-refractivity contribution in [1.29, 1.82) is 0 Å². The zero-order chi connectivity index (χ0) is 44.4. The van der Waals surface area contributed by atoms with Crippen LogP contribution in [0.1, 0.15) is 316 Å². The van der Waals surface area contributed by atoms with E-state index in [4.69, 9.17) is 14.2 Å². The third kappa shape index (κ3) is 49.3. The van der Waals surface area contributed by atoms with Gasteiger partial charge in [0.05, 0.1) is 0 Å². The Balaban J connectivity index is 4.15. The molecule has 6 heteroatoms. The Kier molecular flexibility index (Phi) is 49.7. The zero-order valence-electron chi connectivity index (χ0n) is 41.5. The highest BCUT2D eigenvalue weighted by Crippen LogP contribution is 2.17. The maximum absolute atomic E-state index is 12.8. The SMILES string of the molecule is CCCCCCCCCCCCCCCCCCCCC(=O)OC[C@H](COC(=O)CCCCCCCCC)OC(=O)CCCCCCCCCCCCCCCCCCCC. The fourth-order valence-electron chi connectivity index (χ4n) is 8.45. The lowest BCUT2D eigenvalue weighted by atomic mass is 10.0. The summed E-state index contributed by atoms with van der Waals surface area (Å²) >= 11 is 0. The summed E-state index contributed by atoms with van der Waals surface area (Å²) in [7, 11) is 0. The molecule has 362 valence electrons. The van der Waals surface area contributed by atoms with Crippen LogP contribution in [-0.4, -0.2) is 37.2 Å². The summed E-state index contributed by atoms with van der Waals surface area (Å²) in [5.74, 6) is -0.845. The number of rotatable bonds is 51. The van der Waals surface area contributed by atoms with E-state index in [9.17, 15) is 14.4 Å². The number of carbonyl (C=O) groups excluding carboxylic acids is 3. The van der Waals surface area contributed by atoms with E-state index in [1.165, 1.54) is 218 Å². The summed E-state index contributed by atoms with van der Waals surface area (Å²) in [6, 6.07) is 0. The van der Waals surface area contributed by atoms with Crippen molar-refractivity contribution in [2.75, 3.05) is 13.2 Å². The molecule has 0 N–H and O–H groups in total. The number of unbranched alkanes of at least 4 members (excludes halogenated alkanes) is 40. The third-order valence-corrected chi connectivity index (χ3v) is 12.6. The predicted octanol–water partition coefficient (Wildman–Crippen LogP) is 18.0. The monoisotopic (exact) mass is 863 g/mol. The lowest BCUT2D eigenvalue weighted by Gasteiger charge is -2.18. The molecule has 0 aromatic rings. The Hall–Kier alpha value is -1.59. The molecule has 1 atom stereocenters. The van der Waals surface area contributed by atoms with Gasteiger partial charge in [-0.25, -0.2) is 0 Å². The average Bonchev–Trinajstić information content (AvgIpc) is 3.26. The second-order valence-corrected chi connectivity index (χ2v) is 18.9. The lowest BCUT2D eigenvalue weighted by molar-refractivity contribution is -0.167. The van der Waals surface area contributed by atoms with Gasteiger partial charge in [0.2, 0.25) is 0 Å². The summed E-state index contributed by atoms with van der Waals surface area (Å²) in [4.78, 5) is 37.9. The molecular formula is C55H106O6. The second-order valence-electron chi connectivity index (χ2n) is 18.9. The molecule has 0 unspecified atom stereocenters. The zero-order valence-corrected chi connectivity index (χ0v) is 41.5. The Morgan fingerprint density at radius 1 is 0.262 bits per heavy atom. The largest absolute Gasteiger partial charge is 0.462 e. The minimum absolute atomic E-state index is 0.0620. The van der Waals surface area contributed by atoms with Crippen LogP contribution < -0.4 is 0 Å². The van der Waals surface area contributed by atoms with E-state index >= 15 is 0 Å². The highest BCUT2D eigenvalue weighted by atomic mass is 16.6. The van der Waals surface area contributed by atoms with Gasteiger partial charge in [0, 0.05) is 19.3 Å². The smallest absolute Gasteiger partial charge is 0.306 e. The molecule has 0 fully saturated rings. The van der Waals surface area contributed by atoms with E-state index in [-0.39, 0.29) is 31.1 Å². The fraction of sp³-hybridized carbons (Fsp3) is 0.945. The first-order valence-electron chi connectivity index (χ1n) is 27.5. The molecule has 0 spiro atoms. The van der Waals surface area contributed by atoms with Gasteiger partial charge in [0.25, 0.3) is 0 Å². The molecule has 0 aliphatic heterocycles. The van der Waals surface area contributed by atoms with Gasteiger partial charge in [0.1, 0.15) is 13.2 Å². The van der Waals surface area contributed by atoms with Crippen molar-refractivity contribution in [3.63, 3.8) is 0 Å². The van der Waals surface area contributed by atoms with Gasteiger partial charge in [-0.05, 0) is 19.3 Å². The standard InChI is InChI=1S/C55H106O6/c1-4-7-10-13-16-18-20-22-24-26-28-30-32-34-36-39-42-45-48-54(57)60-51-52(50-59-53(56)47-44-41-38-15-12-9-6-3)61-55(58)49-46-43-40-37-35-33-31-29-27-25-23-21-19-17-14-11-8-5-2/h52H,4-51H2,1-3H3/t52-/m0/s1. The summed E-state index contributed by atoms with van der Waals surface area (Å²) in [5.41, 5.74) is 0. The number of hydrogen-bond donors (Lipinski definition) is 0. The molecule has 0 aliphatic carbocycles. The van der Waals surface area contributed by atoms with Gasteiger partial charge in [-0.15, -0.1) is 0 Å². The second kappa shape index (κ2) is 51.0. The Morgan fingerprint density at radius 2 is 0.443 bits per heavy atom. The molecule has 0 aromatic heterocycles. The summed E-state index contributed by atoms with van der Waals surface area (Å²) in [6.45, 7) is 6.66. The first-order valence-corrected chi connectivity index (χ1v) is 27.5. The number of carbonyl (C=O) groups is 3. The molecule has 0 amide bonds. The molecule has 0 radical (unpaired) electrons. The summed E-state index contributed by atoms with van der Waals surface area (Å²) in [6.07, 6.45) is 55.4. The van der Waals surface area contributed by atoms with E-state index in [2.05, 4.69) is 20.8 Å². The van der Waals surface area contributed by atoms with E-state index < -0.39 is 6.10 Å². The van der Waals surface area contributed by atoms with Gasteiger partial charge in [-0.3, -0.25) is 14.4 Å². The van der Waals surface area contributed by atoms with Crippen molar-refractivity contribution < 1.29 is 28.6 Å². The van der Waals surface area contributed by atoms with Gasteiger partial charge < -0.3 is 14.2 Å². The van der Waals surface area contributed by atoms with E-state index in [1.807, 2.05) is 0 Å². The van der Waals surface area contributed by atoms with Crippen molar-refractivity contribution in [2.45, 2.75) is 322 Å². The topological polar surface area (TPSA) is 78.9 Å². The number of hydrogen-bond acceptors (Lipinski definition) is 6. The Bertz CT molecular complexity index is 905. The maximum Gasteiger partial charge on any atom is 0.306 e. The van der Waals surface area contributed by atoms with E-state index in [0.29, 0.717) is 19.3 Å². The number of esters is 3. The van der Waals surface area contributed by atoms with Crippen molar-refractivity contribution in [3.05, 3.63) is 0 Å². The molecular weight excluding hydrogens is 757 g/mol.